The highest BCUT2D eigenvalue weighted by Gasteiger charge is 2.17. The van der Waals surface area contributed by atoms with Crippen LogP contribution in [-0.4, -0.2) is 54.2 Å². The predicted molar refractivity (Wildman–Crippen MR) is 122 cm³/mol. The van der Waals surface area contributed by atoms with E-state index < -0.39 is 0 Å². The molecule has 4 aromatic rings. The topological polar surface area (TPSA) is 54.6 Å². The Balaban J connectivity index is 1.06. The Hall–Kier alpha value is -3.38. The van der Waals surface area contributed by atoms with Gasteiger partial charge in [0.2, 0.25) is 5.89 Å². The number of benzene rings is 2. The van der Waals surface area contributed by atoms with E-state index in [1.165, 1.54) is 0 Å². The van der Waals surface area contributed by atoms with E-state index in [1.807, 2.05) is 66.9 Å². The Morgan fingerprint density at radius 1 is 0.871 bits per heavy atom. The maximum Gasteiger partial charge on any atom is 0.227 e. The molecular weight excluding hydrogens is 388 g/mol. The van der Waals surface area contributed by atoms with E-state index >= 15 is 0 Å². The lowest BCUT2D eigenvalue weighted by Gasteiger charge is -2.35. The second-order valence-electron chi connectivity index (χ2n) is 7.73. The molecule has 0 atom stereocenters. The normalized spacial score (nSPS) is 14.8. The molecule has 1 aliphatic rings. The Morgan fingerprint density at radius 2 is 1.68 bits per heavy atom. The molecule has 0 radical (unpaired) electrons. The van der Waals surface area contributed by atoms with Gasteiger partial charge in [-0.15, -0.1) is 0 Å². The van der Waals surface area contributed by atoms with Crippen LogP contribution in [0.25, 0.3) is 22.6 Å². The number of piperazine rings is 1. The molecular formula is C25H26N4O2. The van der Waals surface area contributed by atoms with Crippen LogP contribution in [0.3, 0.4) is 0 Å². The van der Waals surface area contributed by atoms with Crippen LogP contribution >= 0.6 is 0 Å². The molecule has 0 spiro atoms. The zero-order valence-electron chi connectivity index (χ0n) is 17.5. The highest BCUT2D eigenvalue weighted by Crippen LogP contribution is 2.25. The van der Waals surface area contributed by atoms with Gasteiger partial charge in [-0.1, -0.05) is 18.2 Å². The number of hydrogen-bond donors (Lipinski definition) is 0. The van der Waals surface area contributed by atoms with Crippen molar-refractivity contribution in [2.24, 2.45) is 0 Å². The fourth-order valence-corrected chi connectivity index (χ4v) is 3.91. The van der Waals surface area contributed by atoms with Crippen LogP contribution in [-0.2, 0) is 0 Å². The van der Waals surface area contributed by atoms with Crippen LogP contribution in [0.2, 0.25) is 0 Å². The van der Waals surface area contributed by atoms with E-state index in [0.29, 0.717) is 12.5 Å². The Kier molecular flexibility index (Phi) is 5.80. The lowest BCUT2D eigenvalue weighted by atomic mass is 10.2. The van der Waals surface area contributed by atoms with Gasteiger partial charge in [0.25, 0.3) is 0 Å². The third kappa shape index (κ3) is 4.70. The second-order valence-corrected chi connectivity index (χ2v) is 7.73. The Bertz CT molecular complexity index is 1070. The molecule has 2 aromatic heterocycles. The molecule has 0 amide bonds. The number of ether oxygens (including phenoxy) is 1. The molecule has 0 aliphatic carbocycles. The highest BCUT2D eigenvalue weighted by atomic mass is 16.5. The molecule has 6 nitrogen and oxygen atoms in total. The van der Waals surface area contributed by atoms with Crippen LogP contribution < -0.4 is 9.64 Å². The molecule has 2 aromatic carbocycles. The minimum Gasteiger partial charge on any atom is -0.494 e. The number of aromatic nitrogens is 2. The lowest BCUT2D eigenvalue weighted by molar-refractivity contribution is 0.224. The quantitative estimate of drug-likeness (QED) is 0.416. The molecule has 1 fully saturated rings. The summed E-state index contributed by atoms with van der Waals surface area (Å²) in [5.74, 6) is 2.59. The van der Waals surface area contributed by atoms with Crippen molar-refractivity contribution in [2.75, 3.05) is 44.2 Å². The molecule has 0 saturated carbocycles. The molecule has 1 saturated heterocycles. The van der Waals surface area contributed by atoms with Crippen molar-refractivity contribution in [1.82, 2.24) is 14.9 Å². The van der Waals surface area contributed by atoms with Crippen molar-refractivity contribution in [3.05, 3.63) is 72.9 Å². The summed E-state index contributed by atoms with van der Waals surface area (Å²) in [6.07, 6.45) is 2.87. The van der Waals surface area contributed by atoms with E-state index in [1.54, 1.807) is 0 Å². The second kappa shape index (κ2) is 9.18. The van der Waals surface area contributed by atoms with E-state index in [9.17, 15) is 0 Å². The van der Waals surface area contributed by atoms with Crippen molar-refractivity contribution >= 4 is 16.9 Å². The van der Waals surface area contributed by atoms with Gasteiger partial charge in [0.05, 0.1) is 6.61 Å². The van der Waals surface area contributed by atoms with Gasteiger partial charge in [-0.05, 0) is 55.0 Å². The average Bonchev–Trinajstić information content (AvgIpc) is 3.28. The van der Waals surface area contributed by atoms with Crippen molar-refractivity contribution in [1.29, 1.82) is 0 Å². The van der Waals surface area contributed by atoms with Gasteiger partial charge in [0.1, 0.15) is 17.1 Å². The fraction of sp³-hybridized carbons (Fsp3) is 0.280. The number of para-hydroxylation sites is 2. The largest absolute Gasteiger partial charge is 0.494 e. The number of fused-ring (bicyclic) bond motifs is 1. The summed E-state index contributed by atoms with van der Waals surface area (Å²) in [4.78, 5) is 13.8. The number of nitrogens with zero attached hydrogens (tertiary/aromatic N) is 4. The summed E-state index contributed by atoms with van der Waals surface area (Å²) in [6, 6.07) is 21.9. The third-order valence-electron chi connectivity index (χ3n) is 5.63. The first-order valence-corrected chi connectivity index (χ1v) is 10.8. The smallest absolute Gasteiger partial charge is 0.227 e. The molecule has 6 heteroatoms. The third-order valence-corrected chi connectivity index (χ3v) is 5.63. The van der Waals surface area contributed by atoms with Gasteiger partial charge in [0.15, 0.2) is 5.58 Å². The molecule has 158 valence electrons. The van der Waals surface area contributed by atoms with E-state index in [-0.39, 0.29) is 0 Å². The van der Waals surface area contributed by atoms with Crippen LogP contribution in [0.1, 0.15) is 6.42 Å². The summed E-state index contributed by atoms with van der Waals surface area (Å²) in [5, 5.41) is 0. The Morgan fingerprint density at radius 3 is 2.45 bits per heavy atom. The van der Waals surface area contributed by atoms with Crippen molar-refractivity contribution in [3.8, 4) is 17.2 Å². The summed E-state index contributed by atoms with van der Waals surface area (Å²) in [6.45, 7) is 5.94. The van der Waals surface area contributed by atoms with Crippen molar-refractivity contribution in [2.45, 2.75) is 6.42 Å². The molecule has 5 rings (SSSR count). The zero-order chi connectivity index (χ0) is 20.9. The highest BCUT2D eigenvalue weighted by molar-refractivity contribution is 5.76. The van der Waals surface area contributed by atoms with E-state index in [4.69, 9.17) is 9.15 Å². The molecule has 31 heavy (non-hydrogen) atoms. The van der Waals surface area contributed by atoms with Gasteiger partial charge in [-0.2, -0.15) is 0 Å². The van der Waals surface area contributed by atoms with E-state index in [0.717, 1.165) is 67.4 Å². The van der Waals surface area contributed by atoms with E-state index in [2.05, 4.69) is 25.8 Å². The summed E-state index contributed by atoms with van der Waals surface area (Å²) in [5.41, 5.74) is 2.63. The minimum atomic E-state index is 0.637. The molecule has 0 unspecified atom stereocenters. The van der Waals surface area contributed by atoms with Gasteiger partial charge in [-0.25, -0.2) is 9.97 Å². The summed E-state index contributed by atoms with van der Waals surface area (Å²) in [7, 11) is 0. The fourth-order valence-electron chi connectivity index (χ4n) is 3.91. The first-order valence-electron chi connectivity index (χ1n) is 10.8. The number of anilines is 1. The molecule has 1 aliphatic heterocycles. The van der Waals surface area contributed by atoms with Gasteiger partial charge >= 0.3 is 0 Å². The summed E-state index contributed by atoms with van der Waals surface area (Å²) >= 11 is 0. The standard InChI is InChI=1S/C25H26N4O2/c1-2-7-23-22(6-1)27-25(31-23)20-9-11-21(12-10-20)30-19-5-14-28-15-17-29(18-16-28)24-8-3-4-13-26-24/h1-4,6-13H,5,14-19H2. The van der Waals surface area contributed by atoms with Crippen LogP contribution in [0.4, 0.5) is 5.82 Å². The minimum absolute atomic E-state index is 0.637. The lowest BCUT2D eigenvalue weighted by Crippen LogP contribution is -2.47. The van der Waals surface area contributed by atoms with Crippen LogP contribution in [0.15, 0.2) is 77.3 Å². The number of rotatable bonds is 7. The molecule has 3 heterocycles. The monoisotopic (exact) mass is 414 g/mol. The zero-order valence-corrected chi connectivity index (χ0v) is 17.5. The number of hydrogen-bond acceptors (Lipinski definition) is 6. The average molecular weight is 415 g/mol. The maximum atomic E-state index is 5.94. The number of oxazole rings is 1. The first-order chi connectivity index (χ1) is 15.3. The Labute approximate surface area is 182 Å². The number of pyridine rings is 1. The molecule has 0 bridgehead atoms. The maximum absolute atomic E-state index is 5.94. The summed E-state index contributed by atoms with van der Waals surface area (Å²) < 4.78 is 11.8. The molecule has 0 N–H and O–H groups in total. The van der Waals surface area contributed by atoms with Gasteiger partial charge in [0, 0.05) is 44.5 Å². The SMILES string of the molecule is c1ccc(N2CCN(CCCOc3ccc(-c4nc5ccccc5o4)cc3)CC2)nc1. The predicted octanol–water partition coefficient (Wildman–Crippen LogP) is 4.48. The van der Waals surface area contributed by atoms with Crippen molar-refractivity contribution in [3.63, 3.8) is 0 Å². The first kappa shape index (κ1) is 19.6. The van der Waals surface area contributed by atoms with Gasteiger partial charge < -0.3 is 14.1 Å². The van der Waals surface area contributed by atoms with Gasteiger partial charge in [-0.3, -0.25) is 4.90 Å². The van der Waals surface area contributed by atoms with Crippen molar-refractivity contribution < 1.29 is 9.15 Å². The van der Waals surface area contributed by atoms with Crippen LogP contribution in [0, 0.1) is 0 Å². The van der Waals surface area contributed by atoms with Crippen LogP contribution in [0.5, 0.6) is 5.75 Å².